The lowest BCUT2D eigenvalue weighted by Gasteiger charge is -2.35. The molecule has 20 heavy (non-hydrogen) atoms. The normalized spacial score (nSPS) is 16.3. The lowest BCUT2D eigenvalue weighted by atomic mass is 10.2. The number of nitrogen functional groups attached to an aromatic ring is 1. The summed E-state index contributed by atoms with van der Waals surface area (Å²) in [6.45, 7) is 4.89. The molecule has 1 aliphatic heterocycles. The third-order valence-corrected chi connectivity index (χ3v) is 3.59. The number of anilines is 2. The zero-order valence-electron chi connectivity index (χ0n) is 11.4. The summed E-state index contributed by atoms with van der Waals surface area (Å²) in [7, 11) is 0. The second-order valence-electron chi connectivity index (χ2n) is 5.02. The van der Waals surface area contributed by atoms with E-state index in [0.29, 0.717) is 0 Å². The molecule has 0 unspecified atom stereocenters. The van der Waals surface area contributed by atoms with Gasteiger partial charge in [0.25, 0.3) is 0 Å². The maximum absolute atomic E-state index is 5.84. The van der Waals surface area contributed by atoms with Crippen molar-refractivity contribution in [1.29, 1.82) is 0 Å². The molecule has 0 spiro atoms. The van der Waals surface area contributed by atoms with Crippen molar-refractivity contribution in [2.24, 2.45) is 0 Å². The van der Waals surface area contributed by atoms with Crippen LogP contribution in [0, 0.1) is 0 Å². The minimum absolute atomic E-state index is 0.822. The van der Waals surface area contributed by atoms with E-state index in [1.165, 1.54) is 5.69 Å². The maximum atomic E-state index is 5.84. The van der Waals surface area contributed by atoms with Gasteiger partial charge < -0.3 is 10.6 Å². The summed E-state index contributed by atoms with van der Waals surface area (Å²) in [6.07, 6.45) is 3.59. The summed E-state index contributed by atoms with van der Waals surface area (Å²) in [6, 6.07) is 9.94. The van der Waals surface area contributed by atoms with E-state index in [0.717, 1.165) is 44.2 Å². The van der Waals surface area contributed by atoms with Crippen LogP contribution in [-0.2, 0) is 6.54 Å². The van der Waals surface area contributed by atoms with Gasteiger partial charge >= 0.3 is 0 Å². The Labute approximate surface area is 119 Å². The molecular weight excluding hydrogens is 250 g/mol. The van der Waals surface area contributed by atoms with Gasteiger partial charge in [-0.25, -0.2) is 9.97 Å². The van der Waals surface area contributed by atoms with E-state index >= 15 is 0 Å². The van der Waals surface area contributed by atoms with E-state index in [-0.39, 0.29) is 0 Å². The van der Waals surface area contributed by atoms with Crippen LogP contribution in [0.2, 0.25) is 0 Å². The number of piperazine rings is 1. The van der Waals surface area contributed by atoms with Crippen molar-refractivity contribution >= 4 is 11.4 Å². The number of benzene rings is 1. The van der Waals surface area contributed by atoms with E-state index < -0.39 is 0 Å². The van der Waals surface area contributed by atoms with Gasteiger partial charge in [0.05, 0.1) is 6.54 Å². The summed E-state index contributed by atoms with van der Waals surface area (Å²) in [5, 5.41) is 0. The van der Waals surface area contributed by atoms with E-state index in [2.05, 4.69) is 25.8 Å². The van der Waals surface area contributed by atoms with Gasteiger partial charge in [0.2, 0.25) is 0 Å². The van der Waals surface area contributed by atoms with E-state index in [4.69, 9.17) is 5.73 Å². The number of aromatic nitrogens is 2. The zero-order valence-corrected chi connectivity index (χ0v) is 11.4. The van der Waals surface area contributed by atoms with Crippen molar-refractivity contribution in [1.82, 2.24) is 14.9 Å². The smallest absolute Gasteiger partial charge is 0.142 e. The molecule has 2 aromatic rings. The van der Waals surface area contributed by atoms with Crippen LogP contribution in [0.25, 0.3) is 0 Å². The van der Waals surface area contributed by atoms with Crippen LogP contribution in [0.4, 0.5) is 11.4 Å². The van der Waals surface area contributed by atoms with Crippen molar-refractivity contribution < 1.29 is 0 Å². The summed E-state index contributed by atoms with van der Waals surface area (Å²) in [4.78, 5) is 13.3. The van der Waals surface area contributed by atoms with E-state index in [9.17, 15) is 0 Å². The van der Waals surface area contributed by atoms with Gasteiger partial charge in [0.1, 0.15) is 5.82 Å². The highest BCUT2D eigenvalue weighted by Gasteiger charge is 2.17. The van der Waals surface area contributed by atoms with E-state index in [1.807, 2.05) is 24.3 Å². The minimum atomic E-state index is 0.822. The van der Waals surface area contributed by atoms with Crippen molar-refractivity contribution in [3.8, 4) is 0 Å². The summed E-state index contributed by atoms with van der Waals surface area (Å²) < 4.78 is 0. The number of hydrogen-bond donors (Lipinski definition) is 1. The van der Waals surface area contributed by atoms with Gasteiger partial charge in [0, 0.05) is 49.9 Å². The molecule has 0 aliphatic carbocycles. The van der Waals surface area contributed by atoms with E-state index in [1.54, 1.807) is 12.4 Å². The third kappa shape index (κ3) is 3.05. The average molecular weight is 269 g/mol. The zero-order chi connectivity index (χ0) is 13.8. The highest BCUT2D eigenvalue weighted by atomic mass is 15.3. The third-order valence-electron chi connectivity index (χ3n) is 3.59. The highest BCUT2D eigenvalue weighted by Crippen LogP contribution is 2.19. The van der Waals surface area contributed by atoms with Crippen LogP contribution in [0.5, 0.6) is 0 Å². The molecule has 0 bridgehead atoms. The van der Waals surface area contributed by atoms with Gasteiger partial charge in [-0.05, 0) is 24.3 Å². The van der Waals surface area contributed by atoms with Crippen LogP contribution in [0.3, 0.4) is 0 Å². The van der Waals surface area contributed by atoms with Crippen molar-refractivity contribution in [3.05, 3.63) is 48.5 Å². The first-order chi connectivity index (χ1) is 9.81. The second-order valence-corrected chi connectivity index (χ2v) is 5.02. The molecule has 3 rings (SSSR count). The predicted octanol–water partition coefficient (Wildman–Crippen LogP) is 1.38. The Morgan fingerprint density at radius 1 is 1.00 bits per heavy atom. The molecule has 1 aromatic heterocycles. The standard InChI is InChI=1S/C15H19N5/c16-13-3-1-4-14(11-13)20-9-7-19(8-10-20)12-15-17-5-2-6-18-15/h1-6,11H,7-10,12,16H2. The second kappa shape index (κ2) is 5.88. The van der Waals surface area contributed by atoms with Gasteiger partial charge in [-0.2, -0.15) is 0 Å². The Balaban J connectivity index is 1.57. The molecule has 5 heteroatoms. The fraction of sp³-hybridized carbons (Fsp3) is 0.333. The number of rotatable bonds is 3. The number of nitrogens with zero attached hydrogens (tertiary/aromatic N) is 4. The lowest BCUT2D eigenvalue weighted by Crippen LogP contribution is -2.46. The fourth-order valence-electron chi connectivity index (χ4n) is 2.50. The van der Waals surface area contributed by atoms with Crippen LogP contribution in [-0.4, -0.2) is 41.0 Å². The molecule has 1 fully saturated rings. The fourth-order valence-corrected chi connectivity index (χ4v) is 2.50. The Hall–Kier alpha value is -2.14. The van der Waals surface area contributed by atoms with Crippen molar-refractivity contribution in [3.63, 3.8) is 0 Å². The topological polar surface area (TPSA) is 58.3 Å². The molecule has 5 nitrogen and oxygen atoms in total. The Bertz CT molecular complexity index is 549. The van der Waals surface area contributed by atoms with Gasteiger partial charge in [-0.3, -0.25) is 4.90 Å². The minimum Gasteiger partial charge on any atom is -0.399 e. The lowest BCUT2D eigenvalue weighted by molar-refractivity contribution is 0.244. The number of hydrogen-bond acceptors (Lipinski definition) is 5. The monoisotopic (exact) mass is 269 g/mol. The van der Waals surface area contributed by atoms with Gasteiger partial charge in [-0.15, -0.1) is 0 Å². The van der Waals surface area contributed by atoms with Crippen LogP contribution in [0.1, 0.15) is 5.82 Å². The molecule has 2 heterocycles. The molecular formula is C15H19N5. The van der Waals surface area contributed by atoms with Gasteiger partial charge in [0.15, 0.2) is 0 Å². The predicted molar refractivity (Wildman–Crippen MR) is 80.4 cm³/mol. The summed E-state index contributed by atoms with van der Waals surface area (Å²) in [5.41, 5.74) is 7.87. The molecule has 0 atom stereocenters. The Morgan fingerprint density at radius 2 is 1.75 bits per heavy atom. The molecule has 1 aliphatic rings. The summed E-state index contributed by atoms with van der Waals surface area (Å²) in [5.74, 6) is 0.893. The van der Waals surface area contributed by atoms with Crippen LogP contribution in [0.15, 0.2) is 42.7 Å². The van der Waals surface area contributed by atoms with Crippen molar-refractivity contribution in [2.75, 3.05) is 36.8 Å². The van der Waals surface area contributed by atoms with Gasteiger partial charge in [-0.1, -0.05) is 6.07 Å². The SMILES string of the molecule is Nc1cccc(N2CCN(Cc3ncccn3)CC2)c1. The number of nitrogens with two attached hydrogens (primary N) is 1. The quantitative estimate of drug-likeness (QED) is 0.853. The molecule has 2 N–H and O–H groups in total. The molecule has 0 radical (unpaired) electrons. The Kier molecular flexibility index (Phi) is 3.78. The highest BCUT2D eigenvalue weighted by molar-refractivity contribution is 5.56. The molecule has 1 aromatic carbocycles. The first kappa shape index (κ1) is 12.9. The Morgan fingerprint density at radius 3 is 2.45 bits per heavy atom. The van der Waals surface area contributed by atoms with Crippen LogP contribution < -0.4 is 10.6 Å². The maximum Gasteiger partial charge on any atom is 0.142 e. The summed E-state index contributed by atoms with van der Waals surface area (Å²) >= 11 is 0. The first-order valence-corrected chi connectivity index (χ1v) is 6.90. The molecule has 104 valence electrons. The van der Waals surface area contributed by atoms with Crippen molar-refractivity contribution in [2.45, 2.75) is 6.54 Å². The average Bonchev–Trinajstić information content (AvgIpc) is 2.49. The molecule has 0 amide bonds. The molecule has 0 saturated carbocycles. The first-order valence-electron chi connectivity index (χ1n) is 6.90. The largest absolute Gasteiger partial charge is 0.399 e. The van der Waals surface area contributed by atoms with Crippen LogP contribution >= 0.6 is 0 Å². The molecule has 1 saturated heterocycles.